The lowest BCUT2D eigenvalue weighted by atomic mass is 10.1. The summed E-state index contributed by atoms with van der Waals surface area (Å²) < 4.78 is 35.9. The summed E-state index contributed by atoms with van der Waals surface area (Å²) in [6.45, 7) is 20.4. The van der Waals surface area contributed by atoms with Crippen LogP contribution in [-0.2, 0) is 25.4 Å². The molecule has 4 fully saturated rings. The fourth-order valence-corrected chi connectivity index (χ4v) is 16.5. The van der Waals surface area contributed by atoms with Gasteiger partial charge in [-0.05, 0) is 124 Å². The molecule has 0 saturated carbocycles. The molecule has 0 unspecified atom stereocenters. The SMILES string of the molecule is C=P(C)(C)CC[C@H]1O[C@@H](n2c(C)nc3c(N)ncnc32)[C@H](O)[C@@H]1O.C=P(C)(C)CC[C@H]1O[C@@H](n2c(CC)nc3c(N)ncnc32)[C@H](O)[C@@H]1O.C=P(C)(C)CC[C@H]1O[C@@H](n2cnc3c(NC/C=C(/C)CO)nc(OC)nc32)[C@H](O)[C@@H]1O.C=P(C)(C)CC[C@H]1O[C@@H](n2cnc3c(NC/C=C(/C)CO)ncnc32)[C@H](O)[C@@H]1O. The normalized spacial score (nSPS) is 26.2. The van der Waals surface area contributed by atoms with Crippen molar-refractivity contribution in [3.63, 3.8) is 0 Å². The highest BCUT2D eigenvalue weighted by Crippen LogP contribution is 2.45. The number of nitrogen functional groups attached to an aromatic ring is 2. The van der Waals surface area contributed by atoms with Crippen molar-refractivity contribution < 1.29 is 74.7 Å². The molecule has 4 aliphatic rings. The minimum absolute atomic E-state index is 0.00313. The zero-order chi connectivity index (χ0) is 79.9. The van der Waals surface area contributed by atoms with Crippen LogP contribution in [0.15, 0.2) is 54.9 Å². The van der Waals surface area contributed by atoms with Crippen molar-refractivity contribution in [3.8, 4) is 6.01 Å². The van der Waals surface area contributed by atoms with Gasteiger partial charge in [-0.1, -0.05) is 30.2 Å². The number of anilines is 4. The van der Waals surface area contributed by atoms with E-state index in [1.165, 1.54) is 32.4 Å². The highest BCUT2D eigenvalue weighted by molar-refractivity contribution is 7.73. The number of ether oxygens (including phenoxy) is 5. The number of aromatic nitrogens is 16. The molecule has 12 heterocycles. The van der Waals surface area contributed by atoms with Crippen molar-refractivity contribution in [1.82, 2.24) is 78.1 Å². The molecular formula is C70H112N20O15P4. The zero-order valence-electron chi connectivity index (χ0n) is 64.4. The second kappa shape index (κ2) is 36.4. The van der Waals surface area contributed by atoms with Gasteiger partial charge in [0.05, 0.1) is 57.4 Å². The average molecular weight is 1600 g/mol. The van der Waals surface area contributed by atoms with Gasteiger partial charge in [0.1, 0.15) is 79.5 Å². The summed E-state index contributed by atoms with van der Waals surface area (Å²) in [5.74, 6) is 2.84. The first-order valence-corrected chi connectivity index (χ1v) is 48.1. The summed E-state index contributed by atoms with van der Waals surface area (Å²) in [5, 5.41) is 109. The third kappa shape index (κ3) is 21.2. The predicted molar refractivity (Wildman–Crippen MR) is 435 cm³/mol. The van der Waals surface area contributed by atoms with Crippen LogP contribution in [0.2, 0.25) is 0 Å². The first-order chi connectivity index (χ1) is 51.3. The van der Waals surface area contributed by atoms with Gasteiger partial charge >= 0.3 is 6.01 Å². The smallest absolute Gasteiger partial charge is 0.320 e. The van der Waals surface area contributed by atoms with Gasteiger partial charge in [0, 0.05) is 19.5 Å². The molecule has 16 atom stereocenters. The van der Waals surface area contributed by atoms with Crippen LogP contribution >= 0.6 is 27.5 Å². The van der Waals surface area contributed by atoms with Crippen molar-refractivity contribution in [1.29, 1.82) is 0 Å². The number of imidazole rings is 4. The average Bonchev–Trinajstić information content (AvgIpc) is 1.62. The van der Waals surface area contributed by atoms with E-state index in [0.29, 0.717) is 113 Å². The van der Waals surface area contributed by atoms with Gasteiger partial charge in [0.2, 0.25) is 0 Å². The molecular weight excluding hydrogens is 1480 g/mol. The fraction of sp³-hybridized carbons (Fsp3) is 0.600. The minimum atomic E-state index is -1.28. The number of fused-ring (bicyclic) bond motifs is 4. The number of aryl methyl sites for hydroxylation is 2. The van der Waals surface area contributed by atoms with Crippen LogP contribution in [0.4, 0.5) is 23.3 Å². The molecule has 0 aliphatic carbocycles. The lowest BCUT2D eigenvalue weighted by Gasteiger charge is -2.19. The highest BCUT2D eigenvalue weighted by Gasteiger charge is 2.48. The summed E-state index contributed by atoms with van der Waals surface area (Å²) in [5.41, 5.74) is 17.3. The Morgan fingerprint density at radius 3 is 1.27 bits per heavy atom. The third-order valence-electron chi connectivity index (χ3n) is 18.9. The summed E-state index contributed by atoms with van der Waals surface area (Å²) in [7, 11) is 1.46. The molecule has 4 saturated heterocycles. The standard InChI is InChI=1S/C20H32N5O5P.C19H30N5O4P.C16H26N5O3P.C15H24N5O3P/c1-12(10-26)6-8-21-17-14-18(24-20(23-17)29-2)25(11-22-14)19-16(28)15(27)13(30-19)7-9-31(3,4)5;1-12(9-25)5-7-20-17-14-18(22-10-21-17)24(11-23-14)19-16(27)15(26)13(28-19)6-8-29(2,3)4;1-5-10-20-11-14(17)18-8-19-15(11)21(10)16-13(23)12(22)9(24-16)6-7-25(2,3)4;1-8-19-10-13(16)17-7-18-14(10)20(8)15-12(22)11(21)9(23-15)5-6-24(2,3)4/h6,11,13,15-16,19,26-28H,3,7-10H2,1-2,4-5H3,(H,21,23,24);5,10-11,13,15-16,19,25-27H,2,6-9H2,1,3-4H3,(H,20,21,22);8-9,12-13,16,22-23H,2,5-7H2,1,3-4H3,(H2,17,18,19);7,9,11-12,15,21-22H,2,5-6H2,1,3-4H3,(H2,16,17,18)/b12-6-;12-5-;;/t2*13-,15-,16-,19-;9-,12-,13-,16-;9-,11-,12-,15-/m1111/s1. The Morgan fingerprint density at radius 2 is 0.844 bits per heavy atom. The van der Waals surface area contributed by atoms with E-state index in [2.05, 4.69) is 149 Å². The topological polar surface area (TPSA) is 499 Å². The quantitative estimate of drug-likeness (QED) is 0.0274. The van der Waals surface area contributed by atoms with E-state index in [1.807, 2.05) is 32.9 Å². The number of hydrogen-bond acceptors (Lipinski definition) is 31. The van der Waals surface area contributed by atoms with Crippen molar-refractivity contribution >= 4 is 121 Å². The Bertz CT molecular complexity index is 4690. The first kappa shape index (κ1) is 86.3. The number of aliphatic hydroxyl groups is 10. The van der Waals surface area contributed by atoms with E-state index < -0.39 is 126 Å². The fourth-order valence-electron chi connectivity index (χ4n) is 12.7. The molecule has 4 aliphatic heterocycles. The summed E-state index contributed by atoms with van der Waals surface area (Å²) in [6.07, 6.45) is 21.1. The van der Waals surface area contributed by atoms with Crippen molar-refractivity contribution in [2.75, 3.05) is 133 Å². The van der Waals surface area contributed by atoms with Crippen LogP contribution in [0.25, 0.3) is 44.7 Å². The van der Waals surface area contributed by atoms with E-state index in [0.717, 1.165) is 35.8 Å². The Hall–Kier alpha value is -6.68. The van der Waals surface area contributed by atoms with Crippen molar-refractivity contribution in [2.45, 2.75) is 158 Å². The van der Waals surface area contributed by atoms with Gasteiger partial charge in [-0.2, -0.15) is 9.97 Å². The monoisotopic (exact) mass is 1600 g/mol. The highest BCUT2D eigenvalue weighted by atomic mass is 31.2. The van der Waals surface area contributed by atoms with Crippen LogP contribution in [-0.4, -0.2) is 339 Å². The molecule has 35 nitrogen and oxygen atoms in total. The van der Waals surface area contributed by atoms with E-state index >= 15 is 0 Å². The summed E-state index contributed by atoms with van der Waals surface area (Å²) >= 11 is 0. The van der Waals surface area contributed by atoms with Crippen LogP contribution in [0, 0.1) is 6.92 Å². The lowest BCUT2D eigenvalue weighted by Crippen LogP contribution is -2.32. The maximum atomic E-state index is 10.7. The second-order valence-electron chi connectivity index (χ2n) is 30.7. The Balaban J connectivity index is 0.000000168. The number of hydrogen-bond donors (Lipinski definition) is 14. The number of methoxy groups -OCH3 is 1. The number of nitrogens with two attached hydrogens (primary N) is 2. The van der Waals surface area contributed by atoms with Crippen molar-refractivity contribution in [3.05, 3.63) is 66.6 Å². The molecule has 0 bridgehead atoms. The Labute approximate surface area is 634 Å². The van der Waals surface area contributed by atoms with E-state index in [4.69, 9.17) is 45.4 Å². The molecule has 109 heavy (non-hydrogen) atoms. The van der Waals surface area contributed by atoms with Gasteiger partial charge in [-0.3, -0.25) is 18.3 Å². The molecule has 0 radical (unpaired) electrons. The number of aliphatic hydroxyl groups excluding tert-OH is 10. The van der Waals surface area contributed by atoms with Gasteiger partial charge in [-0.15, -0.1) is 52.7 Å². The maximum absolute atomic E-state index is 10.7. The van der Waals surface area contributed by atoms with Crippen LogP contribution in [0.1, 0.15) is 83.0 Å². The zero-order valence-corrected chi connectivity index (χ0v) is 68.0. The van der Waals surface area contributed by atoms with Crippen molar-refractivity contribution in [2.24, 2.45) is 0 Å². The molecule has 16 N–H and O–H groups in total. The largest absolute Gasteiger partial charge is 0.467 e. The predicted octanol–water partition coefficient (Wildman–Crippen LogP) is 2.92. The van der Waals surface area contributed by atoms with Gasteiger partial charge < -0.3 is 96.9 Å². The summed E-state index contributed by atoms with van der Waals surface area (Å²) in [4.78, 5) is 51.2. The van der Waals surface area contributed by atoms with Crippen LogP contribution < -0.4 is 26.8 Å². The third-order valence-corrected chi connectivity index (χ3v) is 24.8. The van der Waals surface area contributed by atoms with Gasteiger partial charge in [0.15, 0.2) is 92.8 Å². The molecule has 8 aromatic heterocycles. The molecule has 12 rings (SSSR count). The summed E-state index contributed by atoms with van der Waals surface area (Å²) in [6, 6.07) is 0.132. The van der Waals surface area contributed by atoms with E-state index in [1.54, 1.807) is 31.5 Å². The molecule has 39 heteroatoms. The molecule has 0 spiro atoms. The number of rotatable bonds is 26. The van der Waals surface area contributed by atoms with Gasteiger partial charge in [0.25, 0.3) is 0 Å². The molecule has 602 valence electrons. The molecule has 0 amide bonds. The van der Waals surface area contributed by atoms with Crippen LogP contribution in [0.3, 0.4) is 0 Å². The molecule has 0 aromatic carbocycles. The molecule has 8 aromatic rings. The minimum Gasteiger partial charge on any atom is -0.467 e. The number of nitrogens with zero attached hydrogens (tertiary/aromatic N) is 16. The van der Waals surface area contributed by atoms with E-state index in [9.17, 15) is 40.9 Å². The van der Waals surface area contributed by atoms with Crippen LogP contribution in [0.5, 0.6) is 6.01 Å². The second-order valence-corrected chi connectivity index (χ2v) is 48.0. The lowest BCUT2D eigenvalue weighted by molar-refractivity contribution is -0.0367. The Kier molecular flexibility index (Phi) is 28.8. The van der Waals surface area contributed by atoms with Gasteiger partial charge in [-0.25, -0.2) is 49.8 Å². The van der Waals surface area contributed by atoms with E-state index in [-0.39, 0.29) is 30.9 Å². The first-order valence-electron chi connectivity index (χ1n) is 35.9. The Morgan fingerprint density at radius 1 is 0.477 bits per heavy atom. The number of nitrogens with one attached hydrogen (secondary N) is 2. The maximum Gasteiger partial charge on any atom is 0.320 e.